The normalized spacial score (nSPS) is 24.3. The van der Waals surface area contributed by atoms with Crippen molar-refractivity contribution in [1.82, 2.24) is 19.5 Å². The van der Waals surface area contributed by atoms with Gasteiger partial charge in [0.1, 0.15) is 17.5 Å². The lowest BCUT2D eigenvalue weighted by atomic mass is 9.59. The van der Waals surface area contributed by atoms with E-state index in [0.29, 0.717) is 38.0 Å². The molecular formula is C31H47N5O5. The summed E-state index contributed by atoms with van der Waals surface area (Å²) in [6.45, 7) is 31.0. The minimum atomic E-state index is -0.614. The van der Waals surface area contributed by atoms with Crippen LogP contribution in [0.3, 0.4) is 0 Å². The molecule has 10 nitrogen and oxygen atoms in total. The van der Waals surface area contributed by atoms with Gasteiger partial charge < -0.3 is 19.1 Å². The molecule has 2 unspecified atom stereocenters. The molecule has 0 bridgehead atoms. The Morgan fingerprint density at radius 3 is 2.05 bits per heavy atom. The van der Waals surface area contributed by atoms with Gasteiger partial charge in [-0.2, -0.15) is 0 Å². The number of hydrogen-bond acceptors (Lipinski definition) is 6. The number of amides is 1. The number of hydrogen-bond donors (Lipinski definition) is 1. The Labute approximate surface area is 243 Å². The fourth-order valence-corrected chi connectivity index (χ4v) is 6.14. The molecule has 2 fully saturated rings. The van der Waals surface area contributed by atoms with Gasteiger partial charge >= 0.3 is 12.1 Å². The average Bonchev–Trinajstić information content (AvgIpc) is 3.42. The van der Waals surface area contributed by atoms with E-state index in [1.165, 1.54) is 9.42 Å². The molecule has 41 heavy (non-hydrogen) atoms. The number of nitrogens with zero attached hydrogens (tertiary/aromatic N) is 4. The molecule has 226 valence electrons. The third-order valence-corrected chi connectivity index (χ3v) is 8.57. The van der Waals surface area contributed by atoms with E-state index in [-0.39, 0.29) is 51.5 Å². The molecule has 1 N–H and O–H groups in total. The van der Waals surface area contributed by atoms with Gasteiger partial charge in [-0.05, 0) is 29.6 Å². The molecule has 10 heteroatoms. The first kappa shape index (κ1) is 30.9. The van der Waals surface area contributed by atoms with E-state index in [0.717, 1.165) is 12.8 Å². The number of ether oxygens (including phenoxy) is 3. The summed E-state index contributed by atoms with van der Waals surface area (Å²) in [4.78, 5) is 37.2. The third kappa shape index (κ3) is 6.25. The van der Waals surface area contributed by atoms with Crippen molar-refractivity contribution >= 4 is 23.4 Å². The zero-order chi connectivity index (χ0) is 30.5. The van der Waals surface area contributed by atoms with E-state index in [4.69, 9.17) is 25.8 Å². The predicted molar refractivity (Wildman–Crippen MR) is 156 cm³/mol. The van der Waals surface area contributed by atoms with Gasteiger partial charge in [-0.25, -0.2) is 23.9 Å². The minimum absolute atomic E-state index is 0.0236. The molecule has 1 amide bonds. The second-order valence-electron chi connectivity index (χ2n) is 15.0. The first-order valence-corrected chi connectivity index (χ1v) is 14.7. The maximum Gasteiger partial charge on any atom is 0.415 e. The summed E-state index contributed by atoms with van der Waals surface area (Å²) in [5.74, 6) is 0.697. The number of H-pyrrole nitrogens is 1. The summed E-state index contributed by atoms with van der Waals surface area (Å²) < 4.78 is 19.1. The Hall–Kier alpha value is -3.06. The lowest BCUT2D eigenvalue weighted by molar-refractivity contribution is -0.0922. The van der Waals surface area contributed by atoms with Crippen LogP contribution in [-0.4, -0.2) is 64.0 Å². The number of rotatable bonds is 3. The predicted octanol–water partition coefficient (Wildman–Crippen LogP) is 6.62. The van der Waals surface area contributed by atoms with Crippen LogP contribution in [0.5, 0.6) is 5.88 Å². The Kier molecular flexibility index (Phi) is 8.27. The molecule has 1 saturated carbocycles. The molecule has 2 aliphatic rings. The van der Waals surface area contributed by atoms with Gasteiger partial charge in [-0.3, -0.25) is 5.10 Å². The maximum atomic E-state index is 14.2. The Morgan fingerprint density at radius 2 is 1.56 bits per heavy atom. The zero-order valence-electron chi connectivity index (χ0n) is 26.4. The van der Waals surface area contributed by atoms with E-state index in [2.05, 4.69) is 58.4 Å². The second kappa shape index (κ2) is 11.0. The third-order valence-electron chi connectivity index (χ3n) is 8.57. The summed E-state index contributed by atoms with van der Waals surface area (Å²) in [6.07, 6.45) is 0.959. The summed E-state index contributed by atoms with van der Waals surface area (Å²) in [5, 5.41) is 3.17. The van der Waals surface area contributed by atoms with E-state index in [9.17, 15) is 9.59 Å². The maximum absolute atomic E-state index is 14.2. The highest BCUT2D eigenvalue weighted by atomic mass is 16.6. The number of nitrogens with one attached hydrogen (secondary N) is 1. The minimum Gasteiger partial charge on any atom is -0.459 e. The van der Waals surface area contributed by atoms with Crippen molar-refractivity contribution in [3.05, 3.63) is 22.8 Å². The number of fused-ring (bicyclic) bond motifs is 1. The summed E-state index contributed by atoms with van der Waals surface area (Å²) >= 11 is 0. The van der Waals surface area contributed by atoms with E-state index in [1.54, 1.807) is 0 Å². The molecule has 2 aromatic heterocycles. The van der Waals surface area contributed by atoms with Gasteiger partial charge in [-0.15, -0.1) is 0 Å². The van der Waals surface area contributed by atoms with Crippen LogP contribution in [0.25, 0.3) is 10.5 Å². The molecule has 3 heterocycles. The molecule has 0 radical (unpaired) electrons. The van der Waals surface area contributed by atoms with Gasteiger partial charge in [0.15, 0.2) is 5.65 Å². The quantitative estimate of drug-likeness (QED) is 0.329. The van der Waals surface area contributed by atoms with Gasteiger partial charge in [-0.1, -0.05) is 69.2 Å². The molecule has 4 rings (SSSR count). The van der Waals surface area contributed by atoms with Crippen LogP contribution in [0.2, 0.25) is 0 Å². The monoisotopic (exact) mass is 569 g/mol. The van der Waals surface area contributed by atoms with Gasteiger partial charge in [0, 0.05) is 30.3 Å². The fourth-order valence-electron chi connectivity index (χ4n) is 6.14. The number of carbonyl (C=O) groups is 2. The van der Waals surface area contributed by atoms with Crippen molar-refractivity contribution in [3.8, 4) is 5.88 Å². The van der Waals surface area contributed by atoms with Crippen LogP contribution < -0.4 is 4.74 Å². The van der Waals surface area contributed by atoms with Crippen molar-refractivity contribution in [2.24, 2.45) is 28.6 Å². The van der Waals surface area contributed by atoms with Gasteiger partial charge in [0.05, 0.1) is 19.8 Å². The van der Waals surface area contributed by atoms with Crippen molar-refractivity contribution in [1.29, 1.82) is 0 Å². The number of esters is 1. The molecule has 1 aliphatic heterocycles. The Bertz CT molecular complexity index is 1300. The van der Waals surface area contributed by atoms with E-state index in [1.807, 2.05) is 20.8 Å². The number of aromatic nitrogens is 3. The van der Waals surface area contributed by atoms with Crippen LogP contribution in [0.4, 0.5) is 10.5 Å². The molecule has 0 aromatic carbocycles. The van der Waals surface area contributed by atoms with Gasteiger partial charge in [0.25, 0.3) is 5.69 Å². The lowest BCUT2D eigenvalue weighted by Gasteiger charge is -2.50. The highest BCUT2D eigenvalue weighted by Gasteiger charge is 2.48. The molecule has 2 aromatic rings. The summed E-state index contributed by atoms with van der Waals surface area (Å²) in [7, 11) is 0. The van der Waals surface area contributed by atoms with Crippen molar-refractivity contribution in [2.45, 2.75) is 93.6 Å². The number of carbonyl (C=O) groups excluding carboxylic acids is 2. The largest absolute Gasteiger partial charge is 0.459 e. The van der Waals surface area contributed by atoms with E-state index < -0.39 is 17.5 Å². The SMILES string of the molecule is [C-]#[N+]c1c(C(=O)OC2C(C(C)(C)C)CC(C)CC2C(C)(C)C)c2nc(C(C)(C)C)[nH]n2c1OC(=O)N1CCOCC1. The second-order valence-corrected chi connectivity index (χ2v) is 15.0. The van der Waals surface area contributed by atoms with Crippen LogP contribution in [-0.2, 0) is 14.9 Å². The average molecular weight is 570 g/mol. The highest BCUT2D eigenvalue weighted by Crippen LogP contribution is 2.50. The Balaban J connectivity index is 1.80. The van der Waals surface area contributed by atoms with E-state index >= 15 is 0 Å². The fraction of sp³-hybridized carbons (Fsp3) is 0.742. The lowest BCUT2D eigenvalue weighted by Crippen LogP contribution is -2.49. The summed E-state index contributed by atoms with van der Waals surface area (Å²) in [6, 6.07) is 0. The first-order valence-electron chi connectivity index (χ1n) is 14.7. The topological polar surface area (TPSA) is 103 Å². The van der Waals surface area contributed by atoms with Crippen LogP contribution in [0, 0.1) is 35.2 Å². The standard InChI is InChI=1S/C31H47N5O5/c1-18-16-19(29(2,3)4)23(20(17-18)30(5,6)7)40-26(37)21-22(32-11)25(41-28(38)35-12-14-39-15-13-35)36-24(21)33-27(34-36)31(8,9)10/h18-20,23H,12-17H2,1-10H3,(H,33,34). The summed E-state index contributed by atoms with van der Waals surface area (Å²) in [5.41, 5.74) is -0.411. The van der Waals surface area contributed by atoms with Crippen molar-refractivity contribution in [2.75, 3.05) is 26.3 Å². The van der Waals surface area contributed by atoms with Crippen LogP contribution in [0.1, 0.15) is 98.3 Å². The molecule has 2 atom stereocenters. The van der Waals surface area contributed by atoms with Crippen LogP contribution >= 0.6 is 0 Å². The zero-order valence-corrected chi connectivity index (χ0v) is 26.4. The molecule has 1 aliphatic carbocycles. The molecular weight excluding hydrogens is 522 g/mol. The smallest absolute Gasteiger partial charge is 0.415 e. The molecule has 1 saturated heterocycles. The number of morpholine rings is 1. The van der Waals surface area contributed by atoms with Gasteiger partial charge in [0.2, 0.25) is 5.88 Å². The van der Waals surface area contributed by atoms with Crippen LogP contribution in [0.15, 0.2) is 0 Å². The number of aromatic amines is 1. The van der Waals surface area contributed by atoms with Crippen molar-refractivity contribution in [3.63, 3.8) is 0 Å². The van der Waals surface area contributed by atoms with Crippen molar-refractivity contribution < 1.29 is 23.8 Å². The highest BCUT2D eigenvalue weighted by molar-refractivity contribution is 6.05. The molecule has 0 spiro atoms. The first-order chi connectivity index (χ1) is 18.9. The Morgan fingerprint density at radius 1 is 1.00 bits per heavy atom.